The van der Waals surface area contributed by atoms with E-state index in [0.29, 0.717) is 5.75 Å². The van der Waals surface area contributed by atoms with Crippen molar-refractivity contribution in [3.05, 3.63) is 95.8 Å². The number of ether oxygens (including phenoxy) is 1. The van der Waals surface area contributed by atoms with Crippen molar-refractivity contribution < 1.29 is 9.84 Å². The standard InChI is InChI=1S/C22H26O2/c1-5-11-21(24-4)16-18(2)12-9-7-6-8-10-13-20-14-15-22(23)19(3)17-20/h5-6,8-17,23H,2,7H2,1,3-4H3/b8-6+,11-5-,12-9+,13-10+,21-16+. The molecule has 1 aromatic carbocycles. The molecule has 0 bridgehead atoms. The molecule has 2 nitrogen and oxygen atoms in total. The summed E-state index contributed by atoms with van der Waals surface area (Å²) in [7, 11) is 1.65. The number of aryl methyl sites for hydroxylation is 1. The molecule has 2 heteroatoms. The Labute approximate surface area is 145 Å². The molecule has 0 heterocycles. The summed E-state index contributed by atoms with van der Waals surface area (Å²) in [6.07, 6.45) is 18.7. The lowest BCUT2D eigenvalue weighted by Gasteiger charge is -1.99. The average Bonchev–Trinajstić information content (AvgIpc) is 2.56. The minimum atomic E-state index is 0.327. The molecule has 1 N–H and O–H groups in total. The van der Waals surface area contributed by atoms with Crippen molar-refractivity contribution in [2.45, 2.75) is 20.3 Å². The fraction of sp³-hybridized carbons (Fsp3) is 0.182. The molecule has 0 fully saturated rings. The zero-order valence-electron chi connectivity index (χ0n) is 14.7. The van der Waals surface area contributed by atoms with E-state index in [1.807, 2.05) is 68.5 Å². The Morgan fingerprint density at radius 2 is 2.00 bits per heavy atom. The van der Waals surface area contributed by atoms with E-state index in [0.717, 1.165) is 28.9 Å². The maximum absolute atomic E-state index is 9.49. The van der Waals surface area contributed by atoms with Gasteiger partial charge >= 0.3 is 0 Å². The maximum Gasteiger partial charge on any atom is 0.119 e. The Hall–Kier alpha value is -2.74. The van der Waals surface area contributed by atoms with Crippen molar-refractivity contribution >= 4 is 6.08 Å². The molecule has 1 aromatic rings. The second-order valence-electron chi connectivity index (χ2n) is 5.30. The minimum absolute atomic E-state index is 0.327. The molecular weight excluding hydrogens is 296 g/mol. The van der Waals surface area contributed by atoms with Crippen molar-refractivity contribution in [2.75, 3.05) is 7.11 Å². The largest absolute Gasteiger partial charge is 0.508 e. The van der Waals surface area contributed by atoms with Gasteiger partial charge in [-0.3, -0.25) is 0 Å². The molecule has 0 saturated carbocycles. The van der Waals surface area contributed by atoms with Crippen molar-refractivity contribution in [2.24, 2.45) is 0 Å². The third-order valence-corrected chi connectivity index (χ3v) is 3.26. The van der Waals surface area contributed by atoms with Gasteiger partial charge in [-0.25, -0.2) is 0 Å². The van der Waals surface area contributed by atoms with Crippen LogP contribution in [-0.2, 0) is 4.74 Å². The molecule has 1 rings (SSSR count). The van der Waals surface area contributed by atoms with E-state index in [1.165, 1.54) is 0 Å². The number of hydrogen-bond donors (Lipinski definition) is 1. The summed E-state index contributed by atoms with van der Waals surface area (Å²) >= 11 is 0. The predicted octanol–water partition coefficient (Wildman–Crippen LogP) is 5.88. The van der Waals surface area contributed by atoms with Gasteiger partial charge in [-0.1, -0.05) is 55.2 Å². The van der Waals surface area contributed by atoms with Crippen LogP contribution in [0.5, 0.6) is 5.75 Å². The normalized spacial score (nSPS) is 12.9. The summed E-state index contributed by atoms with van der Waals surface area (Å²) in [6.45, 7) is 7.81. The molecule has 0 radical (unpaired) electrons. The Balaban J connectivity index is 2.46. The number of phenolic OH excluding ortho intramolecular Hbond substituents is 1. The first-order valence-electron chi connectivity index (χ1n) is 7.93. The van der Waals surface area contributed by atoms with Crippen molar-refractivity contribution in [1.29, 1.82) is 0 Å². The van der Waals surface area contributed by atoms with E-state index in [-0.39, 0.29) is 0 Å². The van der Waals surface area contributed by atoms with Gasteiger partial charge in [0.1, 0.15) is 11.5 Å². The van der Waals surface area contributed by atoms with E-state index in [1.54, 1.807) is 13.2 Å². The third kappa shape index (κ3) is 7.50. The van der Waals surface area contributed by atoms with Crippen LogP contribution in [0.25, 0.3) is 6.08 Å². The zero-order chi connectivity index (χ0) is 17.8. The molecule has 0 unspecified atom stereocenters. The van der Waals surface area contributed by atoms with Crippen molar-refractivity contribution in [3.63, 3.8) is 0 Å². The van der Waals surface area contributed by atoms with Gasteiger partial charge in [-0.2, -0.15) is 0 Å². The Kier molecular flexibility index (Phi) is 8.77. The van der Waals surface area contributed by atoms with Crippen LogP contribution in [0.4, 0.5) is 0 Å². The summed E-state index contributed by atoms with van der Waals surface area (Å²) < 4.78 is 5.22. The molecule has 126 valence electrons. The van der Waals surface area contributed by atoms with Crippen LogP contribution in [0, 0.1) is 6.92 Å². The van der Waals surface area contributed by atoms with Crippen LogP contribution in [0.15, 0.2) is 84.7 Å². The van der Waals surface area contributed by atoms with Gasteiger partial charge in [0.05, 0.1) is 7.11 Å². The van der Waals surface area contributed by atoms with E-state index < -0.39 is 0 Å². The molecule has 0 aromatic heterocycles. The van der Waals surface area contributed by atoms with E-state index in [9.17, 15) is 5.11 Å². The average molecular weight is 322 g/mol. The molecule has 0 amide bonds. The zero-order valence-corrected chi connectivity index (χ0v) is 14.7. The fourth-order valence-corrected chi connectivity index (χ4v) is 1.97. The molecule has 0 aliphatic carbocycles. The number of rotatable bonds is 8. The monoisotopic (exact) mass is 322 g/mol. The second-order valence-corrected chi connectivity index (χ2v) is 5.30. The number of phenols is 1. The van der Waals surface area contributed by atoms with E-state index >= 15 is 0 Å². The molecule has 0 spiro atoms. The highest BCUT2D eigenvalue weighted by atomic mass is 16.5. The lowest BCUT2D eigenvalue weighted by Crippen LogP contribution is -1.82. The minimum Gasteiger partial charge on any atom is -0.508 e. The van der Waals surface area contributed by atoms with Gasteiger partial charge in [-0.05, 0) is 61.3 Å². The smallest absolute Gasteiger partial charge is 0.119 e. The van der Waals surface area contributed by atoms with Gasteiger partial charge < -0.3 is 9.84 Å². The van der Waals surface area contributed by atoms with E-state index in [2.05, 4.69) is 18.7 Å². The topological polar surface area (TPSA) is 29.5 Å². The van der Waals surface area contributed by atoms with E-state index in [4.69, 9.17) is 4.74 Å². The molecule has 0 saturated heterocycles. The lowest BCUT2D eigenvalue weighted by atomic mass is 10.1. The van der Waals surface area contributed by atoms with Gasteiger partial charge in [0.25, 0.3) is 0 Å². The summed E-state index contributed by atoms with van der Waals surface area (Å²) in [5.41, 5.74) is 2.84. The SMILES string of the molecule is C=C(/C=C/C/C=C/C=C/c1ccc(O)c(C)c1)/C=C(\C=C/C)OC. The van der Waals surface area contributed by atoms with Crippen molar-refractivity contribution in [3.8, 4) is 5.75 Å². The molecule has 0 aliphatic heterocycles. The van der Waals surface area contributed by atoms with Crippen LogP contribution in [0.2, 0.25) is 0 Å². The number of allylic oxidation sites excluding steroid dienone is 9. The van der Waals surface area contributed by atoms with Crippen molar-refractivity contribution in [1.82, 2.24) is 0 Å². The highest BCUT2D eigenvalue weighted by Gasteiger charge is 1.94. The molecule has 0 aliphatic rings. The first-order chi connectivity index (χ1) is 11.6. The Bertz CT molecular complexity index is 686. The van der Waals surface area contributed by atoms with Gasteiger partial charge in [-0.15, -0.1) is 0 Å². The van der Waals surface area contributed by atoms with Gasteiger partial charge in [0.2, 0.25) is 0 Å². The number of benzene rings is 1. The summed E-state index contributed by atoms with van der Waals surface area (Å²) in [5.74, 6) is 1.11. The summed E-state index contributed by atoms with van der Waals surface area (Å²) in [4.78, 5) is 0. The molecule has 0 atom stereocenters. The summed E-state index contributed by atoms with van der Waals surface area (Å²) in [6, 6.07) is 5.55. The van der Waals surface area contributed by atoms with Gasteiger partial charge in [0, 0.05) is 0 Å². The first-order valence-corrected chi connectivity index (χ1v) is 7.93. The summed E-state index contributed by atoms with van der Waals surface area (Å²) in [5, 5.41) is 9.49. The Morgan fingerprint density at radius 3 is 2.67 bits per heavy atom. The number of aromatic hydroxyl groups is 1. The fourth-order valence-electron chi connectivity index (χ4n) is 1.97. The first kappa shape index (κ1) is 19.3. The number of methoxy groups -OCH3 is 1. The molecule has 24 heavy (non-hydrogen) atoms. The van der Waals surface area contributed by atoms with Crippen LogP contribution < -0.4 is 0 Å². The second kappa shape index (κ2) is 10.9. The maximum atomic E-state index is 9.49. The molecular formula is C22H26O2. The van der Waals surface area contributed by atoms with Crippen LogP contribution in [0.1, 0.15) is 24.5 Å². The highest BCUT2D eigenvalue weighted by molar-refractivity contribution is 5.54. The highest BCUT2D eigenvalue weighted by Crippen LogP contribution is 2.17. The van der Waals surface area contributed by atoms with Gasteiger partial charge in [0.15, 0.2) is 0 Å². The third-order valence-electron chi connectivity index (χ3n) is 3.26. The quantitative estimate of drug-likeness (QED) is 0.478. The van der Waals surface area contributed by atoms with Crippen LogP contribution >= 0.6 is 0 Å². The van der Waals surface area contributed by atoms with Crippen LogP contribution in [-0.4, -0.2) is 12.2 Å². The lowest BCUT2D eigenvalue weighted by molar-refractivity contribution is 0.306. The Morgan fingerprint density at radius 1 is 1.21 bits per heavy atom. The number of hydrogen-bond acceptors (Lipinski definition) is 2. The predicted molar refractivity (Wildman–Crippen MR) is 104 cm³/mol. The van der Waals surface area contributed by atoms with Crippen LogP contribution in [0.3, 0.4) is 0 Å².